The number of hydrogen-bond acceptors (Lipinski definition) is 4. The highest BCUT2D eigenvalue weighted by atomic mass is 16.5. The summed E-state index contributed by atoms with van der Waals surface area (Å²) in [5.74, 6) is 0.557. The van der Waals surface area contributed by atoms with Gasteiger partial charge in [-0.05, 0) is 48.1 Å². The molecular weight excluding hydrogens is 300 g/mol. The molecule has 1 aromatic heterocycles. The number of esters is 1. The van der Waals surface area contributed by atoms with Crippen molar-refractivity contribution in [2.24, 2.45) is 5.92 Å². The molecule has 4 nitrogen and oxygen atoms in total. The molecule has 2 aliphatic rings. The van der Waals surface area contributed by atoms with E-state index in [4.69, 9.17) is 4.74 Å². The van der Waals surface area contributed by atoms with Crippen LogP contribution < -0.4 is 5.32 Å². The number of ether oxygens (including phenoxy) is 1. The molecule has 1 aromatic carbocycles. The molecule has 2 aromatic rings. The van der Waals surface area contributed by atoms with E-state index in [9.17, 15) is 4.79 Å². The minimum absolute atomic E-state index is 0.192. The molecule has 0 amide bonds. The van der Waals surface area contributed by atoms with Gasteiger partial charge in [0.15, 0.2) is 0 Å². The van der Waals surface area contributed by atoms with Crippen LogP contribution in [-0.2, 0) is 4.74 Å². The second-order valence-electron chi connectivity index (χ2n) is 6.46. The van der Waals surface area contributed by atoms with Crippen molar-refractivity contribution in [1.82, 2.24) is 4.98 Å². The first-order chi connectivity index (χ1) is 11.7. The molecule has 2 heterocycles. The van der Waals surface area contributed by atoms with Gasteiger partial charge in [-0.25, -0.2) is 4.79 Å². The fraction of sp³-hybridized carbons (Fsp3) is 0.300. The second kappa shape index (κ2) is 5.78. The topological polar surface area (TPSA) is 51.2 Å². The summed E-state index contributed by atoms with van der Waals surface area (Å²) in [6, 6.07) is 8.23. The van der Waals surface area contributed by atoms with Crippen molar-refractivity contribution in [2.75, 3.05) is 12.4 Å². The average Bonchev–Trinajstić information content (AvgIpc) is 3.11. The third kappa shape index (κ3) is 2.21. The van der Waals surface area contributed by atoms with Gasteiger partial charge in [0, 0.05) is 24.0 Å². The molecule has 1 aliphatic carbocycles. The number of nitrogens with zero attached hydrogens (tertiary/aromatic N) is 1. The smallest absolute Gasteiger partial charge is 0.338 e. The minimum atomic E-state index is -0.292. The number of aromatic nitrogens is 1. The number of pyridine rings is 1. The number of allylic oxidation sites excluding steroid dienone is 2. The van der Waals surface area contributed by atoms with E-state index in [-0.39, 0.29) is 12.0 Å². The normalized spacial score (nSPS) is 24.0. The quantitative estimate of drug-likeness (QED) is 0.671. The summed E-state index contributed by atoms with van der Waals surface area (Å²) in [7, 11) is 1.42. The van der Waals surface area contributed by atoms with Crippen molar-refractivity contribution in [3.05, 3.63) is 71.1 Å². The maximum Gasteiger partial charge on any atom is 0.338 e. The summed E-state index contributed by atoms with van der Waals surface area (Å²) in [5, 5.41) is 3.68. The first-order valence-corrected chi connectivity index (χ1v) is 8.25. The summed E-state index contributed by atoms with van der Waals surface area (Å²) in [6.45, 7) is 1.98. The number of carbonyl (C=O) groups excluding carboxylic acids is 1. The average molecular weight is 320 g/mol. The van der Waals surface area contributed by atoms with E-state index in [0.29, 0.717) is 17.4 Å². The van der Waals surface area contributed by atoms with E-state index in [2.05, 4.69) is 34.6 Å². The summed E-state index contributed by atoms with van der Waals surface area (Å²) < 4.78 is 4.92. The molecule has 4 heteroatoms. The highest BCUT2D eigenvalue weighted by Crippen LogP contribution is 2.50. The van der Waals surface area contributed by atoms with Gasteiger partial charge in [0.1, 0.15) is 0 Å². The lowest BCUT2D eigenvalue weighted by atomic mass is 9.76. The molecule has 0 bridgehead atoms. The zero-order valence-corrected chi connectivity index (χ0v) is 13.8. The van der Waals surface area contributed by atoms with Crippen molar-refractivity contribution in [2.45, 2.75) is 25.3 Å². The van der Waals surface area contributed by atoms with Crippen LogP contribution >= 0.6 is 0 Å². The van der Waals surface area contributed by atoms with E-state index in [1.165, 1.54) is 18.2 Å². The van der Waals surface area contributed by atoms with Gasteiger partial charge in [-0.3, -0.25) is 4.98 Å². The van der Waals surface area contributed by atoms with Crippen LogP contribution in [0.2, 0.25) is 0 Å². The fourth-order valence-corrected chi connectivity index (χ4v) is 4.04. The lowest BCUT2D eigenvalue weighted by molar-refractivity contribution is 0.0600. The van der Waals surface area contributed by atoms with Crippen LogP contribution in [0, 0.1) is 12.8 Å². The van der Waals surface area contributed by atoms with Crippen LogP contribution in [0.25, 0.3) is 0 Å². The first kappa shape index (κ1) is 14.9. The van der Waals surface area contributed by atoms with Crippen molar-refractivity contribution < 1.29 is 9.53 Å². The Bertz CT molecular complexity index is 814. The Labute approximate surface area is 141 Å². The largest absolute Gasteiger partial charge is 0.465 e. The highest BCUT2D eigenvalue weighted by molar-refractivity contribution is 5.93. The Hall–Kier alpha value is -2.62. The predicted molar refractivity (Wildman–Crippen MR) is 93.1 cm³/mol. The van der Waals surface area contributed by atoms with Gasteiger partial charge in [0.2, 0.25) is 0 Å². The van der Waals surface area contributed by atoms with Gasteiger partial charge >= 0.3 is 5.97 Å². The monoisotopic (exact) mass is 320 g/mol. The number of fused-ring (bicyclic) bond motifs is 3. The van der Waals surface area contributed by atoms with Crippen LogP contribution in [0.4, 0.5) is 5.69 Å². The molecule has 0 spiro atoms. The molecule has 1 N–H and O–H groups in total. The lowest BCUT2D eigenvalue weighted by Gasteiger charge is -2.38. The number of carbonyl (C=O) groups is 1. The third-order valence-electron chi connectivity index (χ3n) is 5.25. The van der Waals surface area contributed by atoms with Crippen LogP contribution in [0.5, 0.6) is 0 Å². The summed E-state index contributed by atoms with van der Waals surface area (Å²) in [6.07, 6.45) is 9.33. The van der Waals surface area contributed by atoms with Gasteiger partial charge in [-0.2, -0.15) is 0 Å². The molecule has 122 valence electrons. The van der Waals surface area contributed by atoms with Crippen LogP contribution in [0.1, 0.15) is 45.4 Å². The van der Waals surface area contributed by atoms with E-state index in [0.717, 1.165) is 17.7 Å². The number of rotatable bonds is 2. The molecular formula is C20H20N2O2. The van der Waals surface area contributed by atoms with Gasteiger partial charge in [0.25, 0.3) is 0 Å². The number of methoxy groups -OCH3 is 1. The van der Waals surface area contributed by atoms with E-state index < -0.39 is 0 Å². The standard InChI is InChI=1S/C20H20N2O2/c1-12-14(20(23)24-2)8-9-17-15-6-3-7-16(15)19(22-18(12)17)13-5-4-10-21-11-13/h3-6,8-11,15-16,19,22H,7H2,1-2H3/t15-,16+,19+/m0/s1. The summed E-state index contributed by atoms with van der Waals surface area (Å²) in [5.41, 5.74) is 5.07. The number of hydrogen-bond donors (Lipinski definition) is 1. The van der Waals surface area contributed by atoms with Crippen molar-refractivity contribution >= 4 is 11.7 Å². The Morgan fingerprint density at radius 1 is 1.33 bits per heavy atom. The van der Waals surface area contributed by atoms with Gasteiger partial charge in [-0.15, -0.1) is 0 Å². The number of nitrogens with one attached hydrogen (secondary N) is 1. The van der Waals surface area contributed by atoms with Gasteiger partial charge in [0.05, 0.1) is 18.7 Å². The van der Waals surface area contributed by atoms with Gasteiger partial charge in [-0.1, -0.05) is 24.3 Å². The minimum Gasteiger partial charge on any atom is -0.465 e. The van der Waals surface area contributed by atoms with E-state index >= 15 is 0 Å². The molecule has 0 fully saturated rings. The molecule has 0 saturated heterocycles. The SMILES string of the molecule is COC(=O)c1ccc2c(c1C)N[C@H](c1cccnc1)[C@@H]1CC=C[C@H]21. The molecule has 0 saturated carbocycles. The highest BCUT2D eigenvalue weighted by Gasteiger charge is 2.39. The van der Waals surface area contributed by atoms with E-state index in [1.807, 2.05) is 25.3 Å². The fourth-order valence-electron chi connectivity index (χ4n) is 4.04. The molecule has 4 rings (SSSR count). The van der Waals surface area contributed by atoms with Crippen molar-refractivity contribution in [3.8, 4) is 0 Å². The second-order valence-corrected chi connectivity index (χ2v) is 6.46. The Morgan fingerprint density at radius 3 is 2.96 bits per heavy atom. The Morgan fingerprint density at radius 2 is 2.21 bits per heavy atom. The zero-order chi connectivity index (χ0) is 16.7. The predicted octanol–water partition coefficient (Wildman–Crippen LogP) is 4.00. The Balaban J connectivity index is 1.83. The third-order valence-corrected chi connectivity index (χ3v) is 5.25. The first-order valence-electron chi connectivity index (χ1n) is 8.25. The molecule has 1 aliphatic heterocycles. The zero-order valence-electron chi connectivity index (χ0n) is 13.8. The molecule has 0 radical (unpaired) electrons. The molecule has 3 atom stereocenters. The lowest BCUT2D eigenvalue weighted by Crippen LogP contribution is -2.30. The maximum absolute atomic E-state index is 12.0. The molecule has 0 unspecified atom stereocenters. The number of benzene rings is 1. The van der Waals surface area contributed by atoms with Crippen LogP contribution in [0.3, 0.4) is 0 Å². The van der Waals surface area contributed by atoms with Crippen LogP contribution in [-0.4, -0.2) is 18.1 Å². The van der Waals surface area contributed by atoms with Crippen molar-refractivity contribution in [3.63, 3.8) is 0 Å². The summed E-state index contributed by atoms with van der Waals surface area (Å²) >= 11 is 0. The maximum atomic E-state index is 12.0. The summed E-state index contributed by atoms with van der Waals surface area (Å²) in [4.78, 5) is 16.3. The van der Waals surface area contributed by atoms with Crippen LogP contribution in [0.15, 0.2) is 48.8 Å². The Kier molecular flexibility index (Phi) is 3.60. The number of anilines is 1. The molecule has 24 heavy (non-hydrogen) atoms. The van der Waals surface area contributed by atoms with Crippen molar-refractivity contribution in [1.29, 1.82) is 0 Å². The van der Waals surface area contributed by atoms with E-state index in [1.54, 1.807) is 6.20 Å². The van der Waals surface area contributed by atoms with Gasteiger partial charge < -0.3 is 10.1 Å².